The van der Waals surface area contributed by atoms with Crippen molar-refractivity contribution in [3.05, 3.63) is 64.0 Å². The summed E-state index contributed by atoms with van der Waals surface area (Å²) in [6.45, 7) is 1.64. The van der Waals surface area contributed by atoms with Crippen molar-refractivity contribution < 1.29 is 19.2 Å². The standard InChI is InChI=1S/C14H12FNO4/c1-9(17)10-2-4-11(5-3-10)20-12-6-7-14(16(18)19)13(15)8-12/h2-9,17H,1H3. The first-order valence-corrected chi connectivity index (χ1v) is 5.87. The SMILES string of the molecule is CC(O)c1ccc(Oc2ccc([N+](=O)[O-])c(F)c2)cc1. The fourth-order valence-electron chi connectivity index (χ4n) is 1.65. The number of nitro groups is 1. The Morgan fingerprint density at radius 1 is 1.20 bits per heavy atom. The molecule has 104 valence electrons. The van der Waals surface area contributed by atoms with E-state index in [4.69, 9.17) is 4.74 Å². The smallest absolute Gasteiger partial charge is 0.305 e. The van der Waals surface area contributed by atoms with Gasteiger partial charge in [-0.25, -0.2) is 0 Å². The first-order valence-electron chi connectivity index (χ1n) is 5.87. The van der Waals surface area contributed by atoms with Gasteiger partial charge in [-0.05, 0) is 30.7 Å². The zero-order valence-corrected chi connectivity index (χ0v) is 10.6. The van der Waals surface area contributed by atoms with Gasteiger partial charge < -0.3 is 9.84 Å². The van der Waals surface area contributed by atoms with Gasteiger partial charge in [0, 0.05) is 12.1 Å². The first kappa shape index (κ1) is 14.0. The van der Waals surface area contributed by atoms with E-state index in [1.165, 1.54) is 6.07 Å². The molecule has 0 saturated carbocycles. The van der Waals surface area contributed by atoms with E-state index in [0.29, 0.717) is 5.75 Å². The Morgan fingerprint density at radius 3 is 2.30 bits per heavy atom. The summed E-state index contributed by atoms with van der Waals surface area (Å²) in [5.74, 6) is -0.339. The molecule has 0 aromatic heterocycles. The molecule has 0 aliphatic rings. The van der Waals surface area contributed by atoms with Crippen molar-refractivity contribution >= 4 is 5.69 Å². The lowest BCUT2D eigenvalue weighted by atomic mass is 10.1. The summed E-state index contributed by atoms with van der Waals surface area (Å²) in [6.07, 6.45) is -0.583. The molecule has 0 radical (unpaired) electrons. The molecular formula is C14H12FNO4. The van der Waals surface area contributed by atoms with E-state index in [2.05, 4.69) is 0 Å². The molecule has 0 aliphatic carbocycles. The van der Waals surface area contributed by atoms with Crippen molar-refractivity contribution in [1.29, 1.82) is 0 Å². The molecule has 0 aliphatic heterocycles. The summed E-state index contributed by atoms with van der Waals surface area (Å²) in [4.78, 5) is 9.70. The molecule has 0 fully saturated rings. The summed E-state index contributed by atoms with van der Waals surface area (Å²) in [7, 11) is 0. The summed E-state index contributed by atoms with van der Waals surface area (Å²) in [5, 5.41) is 19.9. The molecule has 0 bridgehead atoms. The highest BCUT2D eigenvalue weighted by Gasteiger charge is 2.14. The van der Waals surface area contributed by atoms with Gasteiger partial charge in [-0.1, -0.05) is 12.1 Å². The van der Waals surface area contributed by atoms with Gasteiger partial charge in [0.15, 0.2) is 0 Å². The van der Waals surface area contributed by atoms with E-state index in [-0.39, 0.29) is 5.75 Å². The van der Waals surface area contributed by atoms with Gasteiger partial charge in [0.05, 0.1) is 11.0 Å². The highest BCUT2D eigenvalue weighted by molar-refractivity contribution is 5.40. The number of ether oxygens (including phenoxy) is 1. The van der Waals surface area contributed by atoms with Crippen LogP contribution >= 0.6 is 0 Å². The Morgan fingerprint density at radius 2 is 1.80 bits per heavy atom. The summed E-state index contributed by atoms with van der Waals surface area (Å²) < 4.78 is 18.8. The Balaban J connectivity index is 2.17. The minimum atomic E-state index is -0.951. The molecule has 2 aromatic rings. The highest BCUT2D eigenvalue weighted by atomic mass is 19.1. The van der Waals surface area contributed by atoms with E-state index in [1.54, 1.807) is 31.2 Å². The zero-order valence-electron chi connectivity index (χ0n) is 10.6. The normalized spacial score (nSPS) is 11.9. The highest BCUT2D eigenvalue weighted by Crippen LogP contribution is 2.27. The number of nitro benzene ring substituents is 1. The molecule has 2 rings (SSSR count). The molecule has 0 spiro atoms. The fraction of sp³-hybridized carbons (Fsp3) is 0.143. The van der Waals surface area contributed by atoms with E-state index in [1.807, 2.05) is 0 Å². The van der Waals surface area contributed by atoms with E-state index >= 15 is 0 Å². The number of hydrogen-bond acceptors (Lipinski definition) is 4. The molecule has 1 N–H and O–H groups in total. The third-order valence-electron chi connectivity index (χ3n) is 2.71. The van der Waals surface area contributed by atoms with E-state index in [0.717, 1.165) is 17.7 Å². The maximum absolute atomic E-state index is 13.4. The van der Waals surface area contributed by atoms with Gasteiger partial charge in [0.1, 0.15) is 11.5 Å². The minimum Gasteiger partial charge on any atom is -0.457 e. The number of nitrogens with zero attached hydrogens (tertiary/aromatic N) is 1. The van der Waals surface area contributed by atoms with Crippen molar-refractivity contribution in [2.45, 2.75) is 13.0 Å². The molecule has 20 heavy (non-hydrogen) atoms. The number of benzene rings is 2. The molecule has 5 nitrogen and oxygen atoms in total. The maximum atomic E-state index is 13.4. The predicted molar refractivity (Wildman–Crippen MR) is 70.2 cm³/mol. The molecule has 6 heteroatoms. The molecule has 2 aromatic carbocycles. The lowest BCUT2D eigenvalue weighted by Crippen LogP contribution is -1.94. The maximum Gasteiger partial charge on any atom is 0.305 e. The largest absolute Gasteiger partial charge is 0.457 e. The van der Waals surface area contributed by atoms with Gasteiger partial charge in [-0.15, -0.1) is 0 Å². The van der Waals surface area contributed by atoms with Crippen LogP contribution in [0.25, 0.3) is 0 Å². The monoisotopic (exact) mass is 277 g/mol. The number of aliphatic hydroxyl groups excluding tert-OH is 1. The van der Waals surface area contributed by atoms with Gasteiger partial charge in [0.2, 0.25) is 5.82 Å². The van der Waals surface area contributed by atoms with Gasteiger partial charge in [0.25, 0.3) is 0 Å². The Kier molecular flexibility index (Phi) is 3.95. The van der Waals surface area contributed by atoms with Crippen LogP contribution in [0.5, 0.6) is 11.5 Å². The minimum absolute atomic E-state index is 0.165. The second kappa shape index (κ2) is 5.66. The number of halogens is 1. The van der Waals surface area contributed by atoms with Crippen LogP contribution in [0.2, 0.25) is 0 Å². The van der Waals surface area contributed by atoms with E-state index < -0.39 is 22.5 Å². The van der Waals surface area contributed by atoms with Crippen molar-refractivity contribution in [3.8, 4) is 11.5 Å². The fourth-order valence-corrected chi connectivity index (χ4v) is 1.65. The quantitative estimate of drug-likeness (QED) is 0.684. The average Bonchev–Trinajstić information content (AvgIpc) is 2.39. The third-order valence-corrected chi connectivity index (χ3v) is 2.71. The van der Waals surface area contributed by atoms with Gasteiger partial charge >= 0.3 is 5.69 Å². The lowest BCUT2D eigenvalue weighted by Gasteiger charge is -2.08. The number of hydrogen-bond donors (Lipinski definition) is 1. The topological polar surface area (TPSA) is 72.6 Å². The number of rotatable bonds is 4. The van der Waals surface area contributed by atoms with Crippen molar-refractivity contribution in [1.82, 2.24) is 0 Å². The van der Waals surface area contributed by atoms with Crippen LogP contribution in [0.15, 0.2) is 42.5 Å². The van der Waals surface area contributed by atoms with Crippen LogP contribution in [0, 0.1) is 15.9 Å². The third kappa shape index (κ3) is 3.10. The van der Waals surface area contributed by atoms with Crippen LogP contribution in [0.4, 0.5) is 10.1 Å². The number of aliphatic hydroxyl groups is 1. The van der Waals surface area contributed by atoms with Gasteiger partial charge in [-0.2, -0.15) is 4.39 Å². The van der Waals surface area contributed by atoms with Crippen LogP contribution < -0.4 is 4.74 Å². The summed E-state index contributed by atoms with van der Waals surface area (Å²) in [5.41, 5.74) is 0.133. The predicted octanol–water partition coefficient (Wildman–Crippen LogP) is 3.58. The molecule has 0 amide bonds. The average molecular weight is 277 g/mol. The summed E-state index contributed by atoms with van der Waals surface area (Å²) in [6, 6.07) is 9.95. The molecule has 0 saturated heterocycles. The summed E-state index contributed by atoms with van der Waals surface area (Å²) >= 11 is 0. The van der Waals surface area contributed by atoms with Crippen molar-refractivity contribution in [2.24, 2.45) is 0 Å². The lowest BCUT2D eigenvalue weighted by molar-refractivity contribution is -0.387. The van der Waals surface area contributed by atoms with Crippen LogP contribution in [-0.2, 0) is 0 Å². The van der Waals surface area contributed by atoms with Crippen molar-refractivity contribution in [3.63, 3.8) is 0 Å². The molecular weight excluding hydrogens is 265 g/mol. The Hall–Kier alpha value is -2.47. The second-order valence-electron chi connectivity index (χ2n) is 4.22. The second-order valence-corrected chi connectivity index (χ2v) is 4.22. The van der Waals surface area contributed by atoms with Crippen LogP contribution in [0.3, 0.4) is 0 Å². The Bertz CT molecular complexity index is 626. The molecule has 0 heterocycles. The Labute approximate surface area is 114 Å². The molecule has 1 unspecified atom stereocenters. The van der Waals surface area contributed by atoms with Crippen LogP contribution in [-0.4, -0.2) is 10.0 Å². The zero-order chi connectivity index (χ0) is 14.7. The first-order chi connectivity index (χ1) is 9.47. The molecule has 1 atom stereocenters. The van der Waals surface area contributed by atoms with Gasteiger partial charge in [-0.3, -0.25) is 10.1 Å². The van der Waals surface area contributed by atoms with E-state index in [9.17, 15) is 19.6 Å². The van der Waals surface area contributed by atoms with Crippen LogP contribution in [0.1, 0.15) is 18.6 Å². The van der Waals surface area contributed by atoms with Crippen molar-refractivity contribution in [2.75, 3.05) is 0 Å².